The Morgan fingerprint density at radius 3 is 2.39 bits per heavy atom. The van der Waals surface area contributed by atoms with Crippen molar-refractivity contribution in [3.63, 3.8) is 0 Å². The van der Waals surface area contributed by atoms with Crippen molar-refractivity contribution in [1.29, 1.82) is 0 Å². The summed E-state index contributed by atoms with van der Waals surface area (Å²) >= 11 is 23.7. The van der Waals surface area contributed by atoms with Crippen LogP contribution in [0, 0.1) is 0 Å². The number of hydrogen-bond donors (Lipinski definition) is 2. The summed E-state index contributed by atoms with van der Waals surface area (Å²) in [5.74, 6) is -0.183. The molecule has 2 aromatic carbocycles. The highest BCUT2D eigenvalue weighted by atomic mass is 35.5. The van der Waals surface area contributed by atoms with Crippen molar-refractivity contribution in [3.8, 4) is 5.75 Å². The lowest BCUT2D eigenvalue weighted by Gasteiger charge is -2.37. The van der Waals surface area contributed by atoms with Crippen LogP contribution in [0.25, 0.3) is 0 Å². The smallest absolute Gasteiger partial charge is 0.261 e. The molecule has 1 aliphatic heterocycles. The first-order valence-electron chi connectivity index (χ1n) is 10.2. The third-order valence-electron chi connectivity index (χ3n) is 5.17. The van der Waals surface area contributed by atoms with Crippen LogP contribution in [0.2, 0.25) is 15.1 Å². The van der Waals surface area contributed by atoms with E-state index in [9.17, 15) is 9.59 Å². The van der Waals surface area contributed by atoms with E-state index in [1.165, 1.54) is 19.2 Å². The van der Waals surface area contributed by atoms with E-state index in [0.29, 0.717) is 48.3 Å². The Labute approximate surface area is 212 Å². The molecule has 0 aromatic heterocycles. The Bertz CT molecular complexity index is 1080. The van der Waals surface area contributed by atoms with Crippen LogP contribution in [0.5, 0.6) is 5.75 Å². The number of anilines is 2. The van der Waals surface area contributed by atoms with Crippen LogP contribution in [0.4, 0.5) is 11.4 Å². The molecule has 0 spiro atoms. The second-order valence-electron chi connectivity index (χ2n) is 7.26. The predicted molar refractivity (Wildman–Crippen MR) is 137 cm³/mol. The van der Waals surface area contributed by atoms with Crippen LogP contribution in [0.1, 0.15) is 23.7 Å². The van der Waals surface area contributed by atoms with E-state index in [-0.39, 0.29) is 27.4 Å². The lowest BCUT2D eigenvalue weighted by Crippen LogP contribution is -2.48. The topological polar surface area (TPSA) is 73.9 Å². The van der Waals surface area contributed by atoms with Crippen LogP contribution in [-0.2, 0) is 4.79 Å². The minimum atomic E-state index is -0.524. The van der Waals surface area contributed by atoms with Crippen LogP contribution < -0.4 is 20.3 Å². The van der Waals surface area contributed by atoms with Gasteiger partial charge >= 0.3 is 0 Å². The first kappa shape index (κ1) is 25.4. The van der Waals surface area contributed by atoms with Crippen LogP contribution in [-0.4, -0.2) is 55.1 Å². The van der Waals surface area contributed by atoms with E-state index in [1.54, 1.807) is 12.1 Å². The molecule has 33 heavy (non-hydrogen) atoms. The fourth-order valence-corrected chi connectivity index (χ4v) is 4.51. The Hall–Kier alpha value is -2.26. The summed E-state index contributed by atoms with van der Waals surface area (Å²) in [4.78, 5) is 28.8. The zero-order chi connectivity index (χ0) is 24.1. The number of benzene rings is 2. The van der Waals surface area contributed by atoms with Crippen molar-refractivity contribution >= 4 is 75.3 Å². The predicted octanol–water partition coefficient (Wildman–Crippen LogP) is 4.84. The SMILES string of the molecule is CCC(=O)N1CCN(c2ccc(Cl)cc2NC(=S)NC(=O)c2cc(Cl)cc(Cl)c2OC)CC1. The van der Waals surface area contributed by atoms with E-state index in [4.69, 9.17) is 51.8 Å². The molecule has 2 N–H and O–H groups in total. The summed E-state index contributed by atoms with van der Waals surface area (Å²) in [5.41, 5.74) is 1.66. The third kappa shape index (κ3) is 6.20. The van der Waals surface area contributed by atoms with Crippen LogP contribution in [0.15, 0.2) is 30.3 Å². The summed E-state index contributed by atoms with van der Waals surface area (Å²) in [6.45, 7) is 4.45. The summed E-state index contributed by atoms with van der Waals surface area (Å²) < 4.78 is 5.23. The summed E-state index contributed by atoms with van der Waals surface area (Å²) in [7, 11) is 1.41. The monoisotopic (exact) mass is 528 g/mol. The quantitative estimate of drug-likeness (QED) is 0.540. The highest BCUT2D eigenvalue weighted by molar-refractivity contribution is 7.80. The van der Waals surface area contributed by atoms with E-state index in [1.807, 2.05) is 17.9 Å². The van der Waals surface area contributed by atoms with Gasteiger partial charge in [-0.25, -0.2) is 0 Å². The van der Waals surface area contributed by atoms with E-state index in [2.05, 4.69) is 15.5 Å². The van der Waals surface area contributed by atoms with Crippen LogP contribution in [0.3, 0.4) is 0 Å². The molecular weight excluding hydrogens is 507 g/mol. The molecule has 3 rings (SSSR count). The van der Waals surface area contributed by atoms with Crippen molar-refractivity contribution in [2.24, 2.45) is 0 Å². The van der Waals surface area contributed by atoms with Gasteiger partial charge in [-0.1, -0.05) is 41.7 Å². The molecule has 0 atom stereocenters. The second-order valence-corrected chi connectivity index (χ2v) is 8.95. The standard InChI is InChI=1S/C22H23Cl3N4O3S/c1-3-19(30)29-8-6-28(7-9-29)18-5-4-13(23)12-17(18)26-22(33)27-21(31)15-10-14(24)11-16(25)20(15)32-2/h4-5,10-12H,3,6-9H2,1-2H3,(H2,26,27,31,33). The van der Waals surface area contributed by atoms with Crippen molar-refractivity contribution in [1.82, 2.24) is 10.2 Å². The van der Waals surface area contributed by atoms with E-state index in [0.717, 1.165) is 5.69 Å². The van der Waals surface area contributed by atoms with Gasteiger partial charge in [0.05, 0.1) is 29.1 Å². The van der Waals surface area contributed by atoms with Gasteiger partial charge in [0, 0.05) is 42.6 Å². The van der Waals surface area contributed by atoms with Gasteiger partial charge in [0.15, 0.2) is 5.11 Å². The van der Waals surface area contributed by atoms with Gasteiger partial charge < -0.3 is 19.9 Å². The number of nitrogens with one attached hydrogen (secondary N) is 2. The molecule has 2 amide bonds. The summed E-state index contributed by atoms with van der Waals surface area (Å²) in [6, 6.07) is 8.33. The number of hydrogen-bond acceptors (Lipinski definition) is 5. The van der Waals surface area contributed by atoms with Gasteiger partial charge in [-0.2, -0.15) is 0 Å². The molecule has 0 bridgehead atoms. The zero-order valence-electron chi connectivity index (χ0n) is 18.1. The van der Waals surface area contributed by atoms with Gasteiger partial charge in [-0.05, 0) is 42.5 Å². The molecule has 176 valence electrons. The van der Waals surface area contributed by atoms with Gasteiger partial charge in [-0.15, -0.1) is 0 Å². The maximum absolute atomic E-state index is 12.8. The average molecular weight is 530 g/mol. The fraction of sp³-hybridized carbons (Fsp3) is 0.318. The number of amides is 2. The van der Waals surface area contributed by atoms with E-state index < -0.39 is 5.91 Å². The van der Waals surface area contributed by atoms with Crippen LogP contribution >= 0.6 is 47.0 Å². The summed E-state index contributed by atoms with van der Waals surface area (Å²) in [6.07, 6.45) is 0.490. The maximum atomic E-state index is 12.8. The Kier molecular flexibility index (Phi) is 8.64. The number of halogens is 3. The maximum Gasteiger partial charge on any atom is 0.261 e. The molecule has 11 heteroatoms. The lowest BCUT2D eigenvalue weighted by atomic mass is 10.2. The lowest BCUT2D eigenvalue weighted by molar-refractivity contribution is -0.131. The van der Waals surface area contributed by atoms with Gasteiger partial charge in [0.25, 0.3) is 5.91 Å². The Balaban J connectivity index is 1.74. The molecule has 2 aromatic rings. The molecule has 1 aliphatic rings. The number of carbonyl (C=O) groups is 2. The largest absolute Gasteiger partial charge is 0.494 e. The second kappa shape index (κ2) is 11.2. The fourth-order valence-electron chi connectivity index (χ4n) is 3.56. The highest BCUT2D eigenvalue weighted by Gasteiger charge is 2.23. The third-order valence-corrected chi connectivity index (χ3v) is 6.10. The van der Waals surface area contributed by atoms with Gasteiger partial charge in [0.1, 0.15) is 5.75 Å². The molecular formula is C22H23Cl3N4O3S. The zero-order valence-corrected chi connectivity index (χ0v) is 21.2. The first-order chi connectivity index (χ1) is 15.7. The van der Waals surface area contributed by atoms with Crippen molar-refractivity contribution < 1.29 is 14.3 Å². The number of carbonyl (C=O) groups excluding carboxylic acids is 2. The van der Waals surface area contributed by atoms with Crippen molar-refractivity contribution in [2.45, 2.75) is 13.3 Å². The summed E-state index contributed by atoms with van der Waals surface area (Å²) in [5, 5.41) is 6.76. The Morgan fingerprint density at radius 2 is 1.76 bits per heavy atom. The molecule has 7 nitrogen and oxygen atoms in total. The molecule has 0 unspecified atom stereocenters. The van der Waals surface area contributed by atoms with E-state index >= 15 is 0 Å². The molecule has 1 heterocycles. The molecule has 0 radical (unpaired) electrons. The van der Waals surface area contributed by atoms with Gasteiger partial charge in [-0.3, -0.25) is 14.9 Å². The minimum Gasteiger partial charge on any atom is -0.494 e. The highest BCUT2D eigenvalue weighted by Crippen LogP contribution is 2.33. The number of ether oxygens (including phenoxy) is 1. The normalized spacial score (nSPS) is 13.5. The first-order valence-corrected chi connectivity index (χ1v) is 11.7. The number of rotatable bonds is 5. The molecule has 0 aliphatic carbocycles. The Morgan fingerprint density at radius 1 is 1.06 bits per heavy atom. The molecule has 1 saturated heterocycles. The number of nitrogens with zero attached hydrogens (tertiary/aromatic N) is 2. The minimum absolute atomic E-state index is 0.0708. The average Bonchev–Trinajstić information content (AvgIpc) is 2.78. The molecule has 0 saturated carbocycles. The number of piperazine rings is 1. The molecule has 1 fully saturated rings. The van der Waals surface area contributed by atoms with Crippen molar-refractivity contribution in [2.75, 3.05) is 43.5 Å². The van der Waals surface area contributed by atoms with Crippen molar-refractivity contribution in [3.05, 3.63) is 51.0 Å². The number of thiocarbonyl (C=S) groups is 1. The number of methoxy groups -OCH3 is 1. The van der Waals surface area contributed by atoms with Gasteiger partial charge in [0.2, 0.25) is 5.91 Å².